The third-order valence-electron chi connectivity index (χ3n) is 3.42. The number of nitrogens with zero attached hydrogens (tertiary/aromatic N) is 1. The van der Waals surface area contributed by atoms with Gasteiger partial charge in [-0.1, -0.05) is 0 Å². The molecule has 1 heterocycles. The Morgan fingerprint density at radius 1 is 1.32 bits per heavy atom. The number of amides is 2. The van der Waals surface area contributed by atoms with Crippen molar-refractivity contribution in [2.75, 3.05) is 31.6 Å². The molecule has 110 valence electrons. The van der Waals surface area contributed by atoms with Crippen LogP contribution in [0.2, 0.25) is 0 Å². The molecule has 0 saturated carbocycles. The first-order valence-electron chi connectivity index (χ1n) is 6.08. The molecule has 0 aromatic carbocycles. The van der Waals surface area contributed by atoms with Crippen LogP contribution >= 0.6 is 0 Å². The van der Waals surface area contributed by atoms with Gasteiger partial charge in [-0.3, -0.25) is 4.79 Å². The number of piperidine rings is 1. The number of aliphatic carboxylic acids is 1. The smallest absolute Gasteiger partial charge is 0.317 e. The number of likely N-dealkylation sites (tertiary alicyclic amines) is 1. The van der Waals surface area contributed by atoms with Crippen molar-refractivity contribution in [3.63, 3.8) is 0 Å². The standard InChI is InChI=1S/C11H20N2O5S/c1-11(9(14)15)3-6-13(7-4-11)10(16)12-5-8-19(2,17)18/h3-8H2,1-2H3,(H,12,16)(H,14,15). The van der Waals surface area contributed by atoms with Gasteiger partial charge in [0.15, 0.2) is 0 Å². The van der Waals surface area contributed by atoms with Gasteiger partial charge < -0.3 is 15.3 Å². The summed E-state index contributed by atoms with van der Waals surface area (Å²) in [6.07, 6.45) is 1.92. The van der Waals surface area contributed by atoms with Crippen molar-refractivity contribution in [1.82, 2.24) is 10.2 Å². The van der Waals surface area contributed by atoms with E-state index in [2.05, 4.69) is 5.32 Å². The Kier molecular flexibility index (Phi) is 4.78. The lowest BCUT2D eigenvalue weighted by molar-refractivity contribution is -0.150. The molecule has 0 radical (unpaired) electrons. The molecule has 2 amide bonds. The highest BCUT2D eigenvalue weighted by atomic mass is 32.2. The van der Waals surface area contributed by atoms with Gasteiger partial charge in [0, 0.05) is 25.9 Å². The van der Waals surface area contributed by atoms with E-state index in [4.69, 9.17) is 5.11 Å². The van der Waals surface area contributed by atoms with Gasteiger partial charge in [0.25, 0.3) is 0 Å². The van der Waals surface area contributed by atoms with Crippen molar-refractivity contribution in [3.05, 3.63) is 0 Å². The fourth-order valence-corrected chi connectivity index (χ4v) is 2.35. The molecule has 0 aliphatic carbocycles. The normalized spacial score (nSPS) is 18.9. The Morgan fingerprint density at radius 2 is 1.84 bits per heavy atom. The molecule has 0 unspecified atom stereocenters. The number of sulfone groups is 1. The second kappa shape index (κ2) is 5.77. The summed E-state index contributed by atoms with van der Waals surface area (Å²) in [6, 6.07) is -0.337. The number of nitrogens with one attached hydrogen (secondary N) is 1. The van der Waals surface area contributed by atoms with E-state index in [1.54, 1.807) is 6.92 Å². The predicted molar refractivity (Wildman–Crippen MR) is 69.7 cm³/mol. The van der Waals surface area contributed by atoms with Gasteiger partial charge in [-0.2, -0.15) is 0 Å². The van der Waals surface area contributed by atoms with Gasteiger partial charge in [0.1, 0.15) is 9.84 Å². The van der Waals surface area contributed by atoms with Gasteiger partial charge in [-0.25, -0.2) is 13.2 Å². The maximum absolute atomic E-state index is 11.7. The molecule has 0 aromatic heterocycles. The first-order chi connectivity index (χ1) is 8.64. The Labute approximate surface area is 112 Å². The second-order valence-corrected chi connectivity index (χ2v) is 7.47. The maximum Gasteiger partial charge on any atom is 0.317 e. The van der Waals surface area contributed by atoms with E-state index in [1.807, 2.05) is 0 Å². The summed E-state index contributed by atoms with van der Waals surface area (Å²) in [5.41, 5.74) is -0.774. The molecule has 1 rings (SSSR count). The number of carboxylic acids is 1. The first kappa shape index (κ1) is 15.7. The van der Waals surface area contributed by atoms with Crippen LogP contribution in [0, 0.1) is 5.41 Å². The van der Waals surface area contributed by atoms with Crippen LogP contribution < -0.4 is 5.32 Å². The molecular formula is C11H20N2O5S. The number of carboxylic acid groups (broad SMARTS) is 1. The largest absolute Gasteiger partial charge is 0.481 e. The van der Waals surface area contributed by atoms with Crippen LogP contribution in [0.1, 0.15) is 19.8 Å². The Morgan fingerprint density at radius 3 is 2.26 bits per heavy atom. The van der Waals surface area contributed by atoms with Gasteiger partial charge in [0.2, 0.25) is 0 Å². The van der Waals surface area contributed by atoms with Crippen LogP contribution in [-0.2, 0) is 14.6 Å². The molecule has 0 aromatic rings. The third-order valence-corrected chi connectivity index (χ3v) is 4.37. The molecule has 0 atom stereocenters. The second-order valence-electron chi connectivity index (χ2n) is 5.21. The van der Waals surface area contributed by atoms with E-state index >= 15 is 0 Å². The minimum Gasteiger partial charge on any atom is -0.481 e. The summed E-state index contributed by atoms with van der Waals surface area (Å²) in [7, 11) is -3.09. The van der Waals surface area contributed by atoms with Crippen molar-refractivity contribution >= 4 is 21.8 Å². The summed E-state index contributed by atoms with van der Waals surface area (Å²) >= 11 is 0. The van der Waals surface area contributed by atoms with Gasteiger partial charge in [-0.15, -0.1) is 0 Å². The van der Waals surface area contributed by atoms with Crippen molar-refractivity contribution in [2.45, 2.75) is 19.8 Å². The third kappa shape index (κ3) is 4.70. The van der Waals surface area contributed by atoms with Crippen LogP contribution in [0.15, 0.2) is 0 Å². The van der Waals surface area contributed by atoms with Crippen LogP contribution in [0.5, 0.6) is 0 Å². The lowest BCUT2D eigenvalue weighted by atomic mass is 9.80. The average Bonchev–Trinajstić information content (AvgIpc) is 2.27. The summed E-state index contributed by atoms with van der Waals surface area (Å²) in [6.45, 7) is 2.49. The fraction of sp³-hybridized carbons (Fsp3) is 0.818. The molecular weight excluding hydrogens is 272 g/mol. The zero-order chi connectivity index (χ0) is 14.7. The zero-order valence-corrected chi connectivity index (χ0v) is 12.0. The average molecular weight is 292 g/mol. The highest BCUT2D eigenvalue weighted by Crippen LogP contribution is 2.30. The summed E-state index contributed by atoms with van der Waals surface area (Å²) in [4.78, 5) is 24.3. The van der Waals surface area contributed by atoms with Crippen molar-refractivity contribution in [3.8, 4) is 0 Å². The van der Waals surface area contributed by atoms with Crippen molar-refractivity contribution in [2.24, 2.45) is 5.41 Å². The van der Waals surface area contributed by atoms with E-state index in [0.29, 0.717) is 25.9 Å². The zero-order valence-electron chi connectivity index (χ0n) is 11.2. The monoisotopic (exact) mass is 292 g/mol. The Bertz CT molecular complexity index is 452. The molecule has 1 aliphatic rings. The molecule has 1 fully saturated rings. The van der Waals surface area contributed by atoms with Crippen molar-refractivity contribution in [1.29, 1.82) is 0 Å². The van der Waals surface area contributed by atoms with Crippen LogP contribution in [0.3, 0.4) is 0 Å². The number of urea groups is 1. The quantitative estimate of drug-likeness (QED) is 0.754. The van der Waals surface area contributed by atoms with Crippen LogP contribution in [0.4, 0.5) is 4.79 Å². The van der Waals surface area contributed by atoms with E-state index in [9.17, 15) is 18.0 Å². The van der Waals surface area contributed by atoms with Gasteiger partial charge >= 0.3 is 12.0 Å². The van der Waals surface area contributed by atoms with Crippen molar-refractivity contribution < 1.29 is 23.1 Å². The Hall–Kier alpha value is -1.31. The molecule has 19 heavy (non-hydrogen) atoms. The molecule has 1 saturated heterocycles. The number of hydrogen-bond acceptors (Lipinski definition) is 4. The Balaban J connectivity index is 2.39. The van der Waals surface area contributed by atoms with Crippen LogP contribution in [0.25, 0.3) is 0 Å². The maximum atomic E-state index is 11.7. The summed E-state index contributed by atoms with van der Waals surface area (Å²) < 4.78 is 21.8. The number of rotatable bonds is 4. The lowest BCUT2D eigenvalue weighted by Crippen LogP contribution is -2.49. The highest BCUT2D eigenvalue weighted by molar-refractivity contribution is 7.90. The van der Waals surface area contributed by atoms with Gasteiger partial charge in [0.05, 0.1) is 11.2 Å². The highest BCUT2D eigenvalue weighted by Gasteiger charge is 2.37. The van der Waals surface area contributed by atoms with E-state index in [0.717, 1.165) is 6.26 Å². The molecule has 7 nitrogen and oxygen atoms in total. The lowest BCUT2D eigenvalue weighted by Gasteiger charge is -2.36. The molecule has 1 aliphatic heterocycles. The summed E-state index contributed by atoms with van der Waals surface area (Å²) in [5.74, 6) is -0.941. The SMILES string of the molecule is CC1(C(=O)O)CCN(C(=O)NCCS(C)(=O)=O)CC1. The molecule has 0 spiro atoms. The first-order valence-corrected chi connectivity index (χ1v) is 8.14. The van der Waals surface area contributed by atoms with Gasteiger partial charge in [-0.05, 0) is 19.8 Å². The molecule has 0 bridgehead atoms. The topological polar surface area (TPSA) is 104 Å². The fourth-order valence-electron chi connectivity index (χ4n) is 1.87. The van der Waals surface area contributed by atoms with E-state index in [-0.39, 0.29) is 18.3 Å². The summed E-state index contributed by atoms with van der Waals surface area (Å²) in [5, 5.41) is 11.6. The van der Waals surface area contributed by atoms with E-state index in [1.165, 1.54) is 4.90 Å². The molecule has 2 N–H and O–H groups in total. The minimum atomic E-state index is -3.09. The predicted octanol–water partition coefficient (Wildman–Crippen LogP) is -0.0727. The van der Waals surface area contributed by atoms with E-state index < -0.39 is 21.2 Å². The minimum absolute atomic E-state index is 0.0738. The number of carbonyl (C=O) groups is 2. The number of hydrogen-bond donors (Lipinski definition) is 2. The van der Waals surface area contributed by atoms with Crippen LogP contribution in [-0.4, -0.2) is 62.1 Å². The molecule has 8 heteroatoms. The number of carbonyl (C=O) groups excluding carboxylic acids is 1.